The first-order valence-corrected chi connectivity index (χ1v) is 5.62. The van der Waals surface area contributed by atoms with Crippen LogP contribution in [0.5, 0.6) is 0 Å². The topological polar surface area (TPSA) is 38.3 Å². The lowest BCUT2D eigenvalue weighted by Gasteiger charge is -2.10. The predicted octanol–water partition coefficient (Wildman–Crippen LogP) is 2.01. The quantitative estimate of drug-likeness (QED) is 0.676. The molecule has 2 rings (SSSR count). The molecule has 0 saturated carbocycles. The molecular formula is C12H11F4NO2. The van der Waals surface area contributed by atoms with Crippen molar-refractivity contribution >= 4 is 5.97 Å². The first-order valence-electron chi connectivity index (χ1n) is 5.62. The fraction of sp³-hybridized carbons (Fsp3) is 0.417. The summed E-state index contributed by atoms with van der Waals surface area (Å²) in [4.78, 5) is 10.7. The third-order valence-corrected chi connectivity index (χ3v) is 2.76. The molecule has 104 valence electrons. The van der Waals surface area contributed by atoms with Crippen LogP contribution in [-0.2, 0) is 16.1 Å². The number of cyclic esters (lactones) is 1. The van der Waals surface area contributed by atoms with Gasteiger partial charge in [-0.1, -0.05) is 6.07 Å². The number of ether oxygens (including phenoxy) is 1. The molecule has 0 bridgehead atoms. The van der Waals surface area contributed by atoms with Gasteiger partial charge in [-0.05, 0) is 6.07 Å². The SMILES string of the molecule is O=C1OC(CNCc2ccc(F)cc2F)CC1(F)F. The van der Waals surface area contributed by atoms with Crippen molar-refractivity contribution in [2.75, 3.05) is 6.54 Å². The summed E-state index contributed by atoms with van der Waals surface area (Å²) >= 11 is 0. The van der Waals surface area contributed by atoms with E-state index >= 15 is 0 Å². The molecule has 0 aromatic heterocycles. The fourth-order valence-electron chi connectivity index (χ4n) is 1.80. The van der Waals surface area contributed by atoms with E-state index in [2.05, 4.69) is 10.1 Å². The first-order chi connectivity index (χ1) is 8.88. The molecule has 1 unspecified atom stereocenters. The Morgan fingerprint density at radius 2 is 2.11 bits per heavy atom. The van der Waals surface area contributed by atoms with Crippen LogP contribution in [0.15, 0.2) is 18.2 Å². The van der Waals surface area contributed by atoms with Gasteiger partial charge in [-0.2, -0.15) is 8.78 Å². The number of rotatable bonds is 4. The predicted molar refractivity (Wildman–Crippen MR) is 57.5 cm³/mol. The van der Waals surface area contributed by atoms with Crippen LogP contribution in [0, 0.1) is 11.6 Å². The second kappa shape index (κ2) is 5.16. The van der Waals surface area contributed by atoms with Gasteiger partial charge in [0.15, 0.2) is 0 Å². The second-order valence-electron chi connectivity index (χ2n) is 4.30. The zero-order chi connectivity index (χ0) is 14.0. The van der Waals surface area contributed by atoms with Crippen molar-refractivity contribution in [3.63, 3.8) is 0 Å². The largest absolute Gasteiger partial charge is 0.456 e. The highest BCUT2D eigenvalue weighted by Crippen LogP contribution is 2.30. The number of hydrogen-bond donors (Lipinski definition) is 1. The van der Waals surface area contributed by atoms with E-state index in [4.69, 9.17) is 0 Å². The van der Waals surface area contributed by atoms with E-state index in [0.29, 0.717) is 0 Å². The average molecular weight is 277 g/mol. The summed E-state index contributed by atoms with van der Waals surface area (Å²) in [5, 5.41) is 2.69. The Labute approximate surface area is 106 Å². The van der Waals surface area contributed by atoms with Crippen LogP contribution in [0.4, 0.5) is 17.6 Å². The molecule has 1 N–H and O–H groups in total. The van der Waals surface area contributed by atoms with Gasteiger partial charge < -0.3 is 10.1 Å². The number of halogens is 4. The normalized spacial score (nSPS) is 21.5. The molecule has 1 saturated heterocycles. The van der Waals surface area contributed by atoms with Crippen molar-refractivity contribution in [2.45, 2.75) is 25.0 Å². The Morgan fingerprint density at radius 3 is 2.68 bits per heavy atom. The van der Waals surface area contributed by atoms with Crippen molar-refractivity contribution in [3.05, 3.63) is 35.4 Å². The van der Waals surface area contributed by atoms with Crippen molar-refractivity contribution < 1.29 is 27.1 Å². The van der Waals surface area contributed by atoms with Gasteiger partial charge in [-0.25, -0.2) is 13.6 Å². The van der Waals surface area contributed by atoms with Gasteiger partial charge in [0.1, 0.15) is 17.7 Å². The van der Waals surface area contributed by atoms with Gasteiger partial charge in [0.2, 0.25) is 0 Å². The molecule has 3 nitrogen and oxygen atoms in total. The molecule has 0 radical (unpaired) electrons. The van der Waals surface area contributed by atoms with Gasteiger partial charge >= 0.3 is 11.9 Å². The third kappa shape index (κ3) is 3.23. The van der Waals surface area contributed by atoms with E-state index in [-0.39, 0.29) is 18.7 Å². The van der Waals surface area contributed by atoms with Gasteiger partial charge in [0.05, 0.1) is 6.42 Å². The smallest absolute Gasteiger partial charge is 0.377 e. The lowest BCUT2D eigenvalue weighted by Crippen LogP contribution is -2.27. The van der Waals surface area contributed by atoms with Crippen molar-refractivity contribution in [3.8, 4) is 0 Å². The second-order valence-corrected chi connectivity index (χ2v) is 4.30. The highest BCUT2D eigenvalue weighted by atomic mass is 19.3. The number of esters is 1. The lowest BCUT2D eigenvalue weighted by molar-refractivity contribution is -0.159. The number of carbonyl (C=O) groups is 1. The van der Waals surface area contributed by atoms with Gasteiger partial charge in [-0.3, -0.25) is 0 Å². The van der Waals surface area contributed by atoms with E-state index in [9.17, 15) is 22.4 Å². The van der Waals surface area contributed by atoms with Gasteiger partial charge in [-0.15, -0.1) is 0 Å². The number of alkyl halides is 2. The Balaban J connectivity index is 1.83. The molecule has 1 heterocycles. The number of hydrogen-bond acceptors (Lipinski definition) is 3. The summed E-state index contributed by atoms with van der Waals surface area (Å²) in [5.41, 5.74) is 0.206. The van der Waals surface area contributed by atoms with Crippen LogP contribution in [0.25, 0.3) is 0 Å². The Kier molecular flexibility index (Phi) is 3.75. The van der Waals surface area contributed by atoms with Gasteiger partial charge in [0, 0.05) is 24.7 Å². The molecule has 0 amide bonds. The minimum atomic E-state index is -3.45. The van der Waals surface area contributed by atoms with Gasteiger partial charge in [0.25, 0.3) is 0 Å². The van der Waals surface area contributed by atoms with Crippen LogP contribution in [0.1, 0.15) is 12.0 Å². The molecule has 0 spiro atoms. The monoisotopic (exact) mass is 277 g/mol. The molecule has 1 aromatic carbocycles. The highest BCUT2D eigenvalue weighted by molar-refractivity contribution is 5.79. The van der Waals surface area contributed by atoms with E-state index in [1.54, 1.807) is 0 Å². The molecule has 1 atom stereocenters. The number of carbonyl (C=O) groups excluding carboxylic acids is 1. The summed E-state index contributed by atoms with van der Waals surface area (Å²) < 4.78 is 56.0. The summed E-state index contributed by atoms with van der Waals surface area (Å²) in [6.07, 6.45) is -1.63. The third-order valence-electron chi connectivity index (χ3n) is 2.76. The molecule has 7 heteroatoms. The lowest BCUT2D eigenvalue weighted by atomic mass is 10.2. The summed E-state index contributed by atoms with van der Waals surface area (Å²) in [6, 6.07) is 3.09. The zero-order valence-electron chi connectivity index (χ0n) is 9.76. The molecule has 1 aromatic rings. The maximum Gasteiger partial charge on any atom is 0.377 e. The standard InChI is InChI=1S/C12H11F4NO2/c13-8-2-1-7(10(14)3-8)5-17-6-9-4-12(15,16)11(18)19-9/h1-3,9,17H,4-6H2. The van der Waals surface area contributed by atoms with Crippen molar-refractivity contribution in [2.24, 2.45) is 0 Å². The molecule has 0 aliphatic carbocycles. The van der Waals surface area contributed by atoms with Crippen LogP contribution in [0.3, 0.4) is 0 Å². The summed E-state index contributed by atoms with van der Waals surface area (Å²) in [5.74, 6) is -6.40. The molecule has 19 heavy (non-hydrogen) atoms. The summed E-state index contributed by atoms with van der Waals surface area (Å²) in [6.45, 7) is 0.0177. The van der Waals surface area contributed by atoms with E-state index in [1.165, 1.54) is 6.07 Å². The maximum atomic E-state index is 13.3. The number of nitrogens with one attached hydrogen (secondary N) is 1. The molecule has 1 fully saturated rings. The zero-order valence-corrected chi connectivity index (χ0v) is 9.76. The van der Waals surface area contributed by atoms with Crippen molar-refractivity contribution in [1.82, 2.24) is 5.32 Å². The van der Waals surface area contributed by atoms with Crippen LogP contribution < -0.4 is 5.32 Å². The molecule has 1 aliphatic rings. The van der Waals surface area contributed by atoms with Crippen molar-refractivity contribution in [1.29, 1.82) is 0 Å². The Hall–Kier alpha value is -1.63. The highest BCUT2D eigenvalue weighted by Gasteiger charge is 2.50. The van der Waals surface area contributed by atoms with Crippen LogP contribution in [0.2, 0.25) is 0 Å². The minimum Gasteiger partial charge on any atom is -0.456 e. The summed E-state index contributed by atoms with van der Waals surface area (Å²) in [7, 11) is 0. The Morgan fingerprint density at radius 1 is 1.37 bits per heavy atom. The fourth-order valence-corrected chi connectivity index (χ4v) is 1.80. The maximum absolute atomic E-state index is 13.3. The first kappa shape index (κ1) is 13.8. The number of benzene rings is 1. The average Bonchev–Trinajstić information content (AvgIpc) is 2.56. The Bertz CT molecular complexity index is 493. The molecule has 1 aliphatic heterocycles. The van der Waals surface area contributed by atoms with Crippen LogP contribution >= 0.6 is 0 Å². The minimum absolute atomic E-state index is 0.0157. The van der Waals surface area contributed by atoms with E-state index in [1.807, 2.05) is 0 Å². The van der Waals surface area contributed by atoms with E-state index in [0.717, 1.165) is 12.1 Å². The van der Waals surface area contributed by atoms with E-state index < -0.39 is 36.1 Å². The van der Waals surface area contributed by atoms with Crippen LogP contribution in [-0.4, -0.2) is 24.5 Å². The molecular weight excluding hydrogens is 266 g/mol.